The number of amides is 2. The zero-order valence-corrected chi connectivity index (χ0v) is 18.9. The van der Waals surface area contributed by atoms with Crippen molar-refractivity contribution < 1.29 is 18.0 Å². The summed E-state index contributed by atoms with van der Waals surface area (Å²) in [6.07, 6.45) is 0.0248. The van der Waals surface area contributed by atoms with Crippen LogP contribution in [0.3, 0.4) is 0 Å². The number of benzene rings is 2. The maximum absolute atomic E-state index is 12.6. The molecule has 1 heterocycles. The number of hydrogen-bond donors (Lipinski definition) is 3. The quantitative estimate of drug-likeness (QED) is 0.499. The van der Waals surface area contributed by atoms with E-state index in [2.05, 4.69) is 20.3 Å². The summed E-state index contributed by atoms with van der Waals surface area (Å²) in [7, 11) is -3.85. The van der Waals surface area contributed by atoms with E-state index in [1.165, 1.54) is 31.2 Å². The van der Waals surface area contributed by atoms with Gasteiger partial charge in [0, 0.05) is 23.7 Å². The SMILES string of the molecule is CC(=O)Nc1ccc(S(=O)(=O)Nc2nc(CC(=O)Nc3cc(C)ccc3C)cs2)cc1. The largest absolute Gasteiger partial charge is 0.326 e. The highest BCUT2D eigenvalue weighted by atomic mass is 32.2. The zero-order valence-electron chi connectivity index (χ0n) is 17.2. The Hall–Kier alpha value is -3.24. The summed E-state index contributed by atoms with van der Waals surface area (Å²) >= 11 is 1.10. The number of aryl methyl sites for hydroxylation is 2. The number of nitrogens with zero attached hydrogens (tertiary/aromatic N) is 1. The van der Waals surface area contributed by atoms with Crippen LogP contribution in [0.1, 0.15) is 23.7 Å². The lowest BCUT2D eigenvalue weighted by Crippen LogP contribution is -2.16. The van der Waals surface area contributed by atoms with Gasteiger partial charge in [0.05, 0.1) is 17.0 Å². The molecular weight excluding hydrogens is 436 g/mol. The van der Waals surface area contributed by atoms with E-state index in [9.17, 15) is 18.0 Å². The molecule has 0 spiro atoms. The molecule has 31 heavy (non-hydrogen) atoms. The van der Waals surface area contributed by atoms with Gasteiger partial charge in [-0.15, -0.1) is 11.3 Å². The van der Waals surface area contributed by atoms with Crippen LogP contribution in [0, 0.1) is 13.8 Å². The third kappa shape index (κ3) is 6.12. The first kappa shape index (κ1) is 22.4. The number of anilines is 3. The number of carbonyl (C=O) groups is 2. The predicted octanol–water partition coefficient (Wildman–Crippen LogP) is 3.70. The van der Waals surface area contributed by atoms with Gasteiger partial charge >= 0.3 is 0 Å². The van der Waals surface area contributed by atoms with E-state index in [0.717, 1.165) is 28.2 Å². The molecule has 8 nitrogen and oxygen atoms in total. The highest BCUT2D eigenvalue weighted by molar-refractivity contribution is 7.93. The Balaban J connectivity index is 1.64. The molecule has 0 aliphatic carbocycles. The van der Waals surface area contributed by atoms with Crippen LogP contribution in [0.15, 0.2) is 52.7 Å². The molecule has 0 aliphatic rings. The minimum Gasteiger partial charge on any atom is -0.326 e. The van der Waals surface area contributed by atoms with E-state index >= 15 is 0 Å². The van der Waals surface area contributed by atoms with Crippen LogP contribution in [-0.2, 0) is 26.0 Å². The van der Waals surface area contributed by atoms with E-state index < -0.39 is 10.0 Å². The van der Waals surface area contributed by atoms with Gasteiger partial charge in [0.15, 0.2) is 5.13 Å². The highest BCUT2D eigenvalue weighted by Crippen LogP contribution is 2.22. The van der Waals surface area contributed by atoms with Crippen molar-refractivity contribution in [2.75, 3.05) is 15.4 Å². The second kappa shape index (κ2) is 9.27. The van der Waals surface area contributed by atoms with Crippen LogP contribution in [0.5, 0.6) is 0 Å². The number of sulfonamides is 1. The number of hydrogen-bond acceptors (Lipinski definition) is 6. The molecule has 0 fully saturated rings. The average Bonchev–Trinajstić information content (AvgIpc) is 3.10. The minimum absolute atomic E-state index is 0.0248. The number of aromatic nitrogens is 1. The lowest BCUT2D eigenvalue weighted by molar-refractivity contribution is -0.116. The summed E-state index contributed by atoms with van der Waals surface area (Å²) in [5.74, 6) is -0.479. The summed E-state index contributed by atoms with van der Waals surface area (Å²) in [4.78, 5) is 27.7. The lowest BCUT2D eigenvalue weighted by atomic mass is 10.1. The van der Waals surface area contributed by atoms with E-state index in [4.69, 9.17) is 0 Å². The molecule has 2 amide bonds. The monoisotopic (exact) mass is 458 g/mol. The van der Waals surface area contributed by atoms with Gasteiger partial charge in [0.2, 0.25) is 11.8 Å². The van der Waals surface area contributed by atoms with Gasteiger partial charge in [-0.05, 0) is 55.3 Å². The van der Waals surface area contributed by atoms with Crippen molar-refractivity contribution in [1.82, 2.24) is 4.98 Å². The molecule has 3 rings (SSSR count). The van der Waals surface area contributed by atoms with Crippen molar-refractivity contribution in [3.05, 3.63) is 64.7 Å². The molecule has 162 valence electrons. The third-order valence-corrected chi connectivity index (χ3v) is 6.56. The van der Waals surface area contributed by atoms with E-state index in [0.29, 0.717) is 11.4 Å². The Morgan fingerprint density at radius 3 is 2.42 bits per heavy atom. The van der Waals surface area contributed by atoms with Crippen molar-refractivity contribution in [2.45, 2.75) is 32.1 Å². The van der Waals surface area contributed by atoms with Crippen molar-refractivity contribution in [3.63, 3.8) is 0 Å². The normalized spacial score (nSPS) is 11.1. The Morgan fingerprint density at radius 1 is 1.03 bits per heavy atom. The van der Waals surface area contributed by atoms with Crippen molar-refractivity contribution in [2.24, 2.45) is 0 Å². The van der Waals surface area contributed by atoms with E-state index in [1.54, 1.807) is 5.38 Å². The molecule has 0 saturated carbocycles. The molecule has 0 saturated heterocycles. The van der Waals surface area contributed by atoms with Crippen LogP contribution in [0.2, 0.25) is 0 Å². The molecule has 0 radical (unpaired) electrons. The number of carbonyl (C=O) groups excluding carboxylic acids is 2. The maximum atomic E-state index is 12.6. The second-order valence-electron chi connectivity index (χ2n) is 7.00. The van der Waals surface area contributed by atoms with Crippen LogP contribution in [0.25, 0.3) is 0 Å². The summed E-state index contributed by atoms with van der Waals surface area (Å²) in [6, 6.07) is 11.6. The Morgan fingerprint density at radius 2 is 1.74 bits per heavy atom. The van der Waals surface area contributed by atoms with Crippen LogP contribution in [0.4, 0.5) is 16.5 Å². The van der Waals surface area contributed by atoms with Crippen molar-refractivity contribution in [1.29, 1.82) is 0 Å². The first-order chi connectivity index (χ1) is 14.6. The second-order valence-corrected chi connectivity index (χ2v) is 9.54. The summed E-state index contributed by atoms with van der Waals surface area (Å²) in [5.41, 5.74) is 3.69. The van der Waals surface area contributed by atoms with Gasteiger partial charge in [-0.1, -0.05) is 12.1 Å². The number of thiazole rings is 1. The fourth-order valence-corrected chi connectivity index (χ4v) is 4.72. The first-order valence-electron chi connectivity index (χ1n) is 9.34. The molecule has 0 aliphatic heterocycles. The third-order valence-electron chi connectivity index (χ3n) is 4.27. The summed E-state index contributed by atoms with van der Waals surface area (Å²) in [6.45, 7) is 5.23. The predicted molar refractivity (Wildman–Crippen MR) is 122 cm³/mol. The smallest absolute Gasteiger partial charge is 0.263 e. The number of rotatable bonds is 7. The number of nitrogens with one attached hydrogen (secondary N) is 3. The molecule has 0 bridgehead atoms. The topological polar surface area (TPSA) is 117 Å². The van der Waals surface area contributed by atoms with Crippen LogP contribution < -0.4 is 15.4 Å². The van der Waals surface area contributed by atoms with Crippen molar-refractivity contribution >= 4 is 49.7 Å². The molecule has 0 unspecified atom stereocenters. The van der Waals surface area contributed by atoms with Gasteiger partial charge in [0.1, 0.15) is 0 Å². The molecule has 0 atom stereocenters. The Bertz CT molecular complexity index is 1220. The average molecular weight is 459 g/mol. The van der Waals surface area contributed by atoms with Crippen LogP contribution >= 0.6 is 11.3 Å². The standard InChI is InChI=1S/C21H22N4O4S2/c1-13-4-5-14(2)19(10-13)24-20(27)11-17-12-30-21(23-17)25-31(28,29)18-8-6-16(7-9-18)22-15(3)26/h4-10,12H,11H2,1-3H3,(H,22,26)(H,23,25)(H,24,27). The molecular formula is C21H22N4O4S2. The van der Waals surface area contributed by atoms with Gasteiger partial charge in [-0.25, -0.2) is 13.4 Å². The van der Waals surface area contributed by atoms with Gasteiger partial charge in [0.25, 0.3) is 10.0 Å². The fourth-order valence-electron chi connectivity index (χ4n) is 2.76. The maximum Gasteiger partial charge on any atom is 0.263 e. The van der Waals surface area contributed by atoms with E-state index in [1.807, 2.05) is 32.0 Å². The molecule has 3 N–H and O–H groups in total. The van der Waals surface area contributed by atoms with Crippen molar-refractivity contribution in [3.8, 4) is 0 Å². The first-order valence-corrected chi connectivity index (χ1v) is 11.7. The lowest BCUT2D eigenvalue weighted by Gasteiger charge is -2.08. The summed E-state index contributed by atoms with van der Waals surface area (Å²) < 4.78 is 27.5. The minimum atomic E-state index is -3.85. The van der Waals surface area contributed by atoms with E-state index in [-0.39, 0.29) is 28.3 Å². The fraction of sp³-hybridized carbons (Fsp3) is 0.190. The van der Waals surface area contributed by atoms with Crippen LogP contribution in [-0.4, -0.2) is 25.2 Å². The van der Waals surface area contributed by atoms with Gasteiger partial charge in [-0.2, -0.15) is 0 Å². The Labute approximate surface area is 184 Å². The highest BCUT2D eigenvalue weighted by Gasteiger charge is 2.17. The zero-order chi connectivity index (χ0) is 22.6. The Kier molecular flexibility index (Phi) is 6.71. The molecule has 1 aromatic heterocycles. The molecule has 3 aromatic rings. The van der Waals surface area contributed by atoms with Gasteiger partial charge < -0.3 is 10.6 Å². The van der Waals surface area contributed by atoms with Gasteiger partial charge in [-0.3, -0.25) is 14.3 Å². The molecule has 10 heteroatoms. The molecule has 2 aromatic carbocycles. The summed E-state index contributed by atoms with van der Waals surface area (Å²) in [5, 5.41) is 7.24.